The van der Waals surface area contributed by atoms with Crippen molar-refractivity contribution in [1.29, 1.82) is 0 Å². The summed E-state index contributed by atoms with van der Waals surface area (Å²) in [6.45, 7) is 3.65. The smallest absolute Gasteiger partial charge is 0.248 e. The molecule has 0 saturated carbocycles. The van der Waals surface area contributed by atoms with Gasteiger partial charge in [0.25, 0.3) is 0 Å². The van der Waals surface area contributed by atoms with Gasteiger partial charge >= 0.3 is 0 Å². The van der Waals surface area contributed by atoms with Crippen LogP contribution in [-0.4, -0.2) is 74.1 Å². The van der Waals surface area contributed by atoms with Crippen LogP contribution in [0, 0.1) is 0 Å². The van der Waals surface area contributed by atoms with Gasteiger partial charge in [-0.1, -0.05) is 6.42 Å². The third-order valence-electron chi connectivity index (χ3n) is 3.69. The van der Waals surface area contributed by atoms with Crippen molar-refractivity contribution in [2.24, 2.45) is 0 Å². The van der Waals surface area contributed by atoms with Gasteiger partial charge in [-0.05, 0) is 25.9 Å². The number of hydrogen-bond acceptors (Lipinski definition) is 4. The van der Waals surface area contributed by atoms with Crippen molar-refractivity contribution in [3.8, 4) is 0 Å². The van der Waals surface area contributed by atoms with E-state index in [1.54, 1.807) is 11.9 Å². The van der Waals surface area contributed by atoms with Crippen LogP contribution in [0.1, 0.15) is 19.3 Å². The molecule has 6 nitrogen and oxygen atoms in total. The van der Waals surface area contributed by atoms with Crippen molar-refractivity contribution >= 4 is 11.8 Å². The number of likely N-dealkylation sites (tertiary alicyclic amines) is 1. The SMILES string of the molecule is CN1CC(CNC(=O)CN2CCCCC2)OCC1=O. The molecule has 19 heavy (non-hydrogen) atoms. The van der Waals surface area contributed by atoms with E-state index in [9.17, 15) is 9.59 Å². The molecule has 2 rings (SSSR count). The van der Waals surface area contributed by atoms with Crippen LogP contribution < -0.4 is 5.32 Å². The lowest BCUT2D eigenvalue weighted by molar-refractivity contribution is -0.146. The summed E-state index contributed by atoms with van der Waals surface area (Å²) in [6, 6.07) is 0. The van der Waals surface area contributed by atoms with Gasteiger partial charge < -0.3 is 15.0 Å². The Morgan fingerprint density at radius 2 is 2.11 bits per heavy atom. The van der Waals surface area contributed by atoms with Crippen molar-refractivity contribution in [2.75, 3.05) is 46.4 Å². The summed E-state index contributed by atoms with van der Waals surface area (Å²) in [4.78, 5) is 26.9. The Balaban J connectivity index is 1.64. The second-order valence-electron chi connectivity index (χ2n) is 5.35. The zero-order valence-corrected chi connectivity index (χ0v) is 11.6. The van der Waals surface area contributed by atoms with Gasteiger partial charge in [-0.3, -0.25) is 14.5 Å². The Bertz CT molecular complexity index is 329. The molecule has 1 atom stereocenters. The first kappa shape index (κ1) is 14.3. The predicted molar refractivity (Wildman–Crippen MR) is 70.7 cm³/mol. The minimum absolute atomic E-state index is 0.00380. The second kappa shape index (κ2) is 6.86. The lowest BCUT2D eigenvalue weighted by atomic mass is 10.1. The number of amides is 2. The van der Waals surface area contributed by atoms with Crippen molar-refractivity contribution in [1.82, 2.24) is 15.1 Å². The van der Waals surface area contributed by atoms with Crippen molar-refractivity contribution in [3.63, 3.8) is 0 Å². The van der Waals surface area contributed by atoms with E-state index in [4.69, 9.17) is 4.74 Å². The number of nitrogens with one attached hydrogen (secondary N) is 1. The molecule has 2 saturated heterocycles. The number of carbonyl (C=O) groups excluding carboxylic acids is 2. The molecule has 2 fully saturated rings. The zero-order chi connectivity index (χ0) is 13.7. The van der Waals surface area contributed by atoms with E-state index in [2.05, 4.69) is 10.2 Å². The molecular weight excluding hydrogens is 246 g/mol. The Morgan fingerprint density at radius 3 is 2.79 bits per heavy atom. The molecule has 0 spiro atoms. The average molecular weight is 269 g/mol. The molecule has 0 bridgehead atoms. The molecule has 0 aromatic carbocycles. The van der Waals surface area contributed by atoms with Crippen molar-refractivity contribution in [3.05, 3.63) is 0 Å². The molecule has 0 aromatic rings. The summed E-state index contributed by atoms with van der Waals surface area (Å²) in [6.07, 6.45) is 3.56. The summed E-state index contributed by atoms with van der Waals surface area (Å²) in [5.74, 6) is 0.0425. The minimum Gasteiger partial charge on any atom is -0.365 e. The largest absolute Gasteiger partial charge is 0.365 e. The van der Waals surface area contributed by atoms with Gasteiger partial charge in [0.1, 0.15) is 6.61 Å². The van der Waals surface area contributed by atoms with E-state index >= 15 is 0 Å². The Hall–Kier alpha value is -1.14. The molecule has 108 valence electrons. The van der Waals surface area contributed by atoms with Crippen LogP contribution in [0.25, 0.3) is 0 Å². The van der Waals surface area contributed by atoms with E-state index in [0.29, 0.717) is 19.6 Å². The van der Waals surface area contributed by atoms with Crippen LogP contribution in [0.5, 0.6) is 0 Å². The van der Waals surface area contributed by atoms with Crippen LogP contribution in [0.2, 0.25) is 0 Å². The fourth-order valence-electron chi connectivity index (χ4n) is 2.49. The normalized spacial score (nSPS) is 25.4. The molecule has 2 aliphatic rings. The van der Waals surface area contributed by atoms with E-state index < -0.39 is 0 Å². The van der Waals surface area contributed by atoms with Gasteiger partial charge in [0.2, 0.25) is 11.8 Å². The maximum absolute atomic E-state index is 11.8. The molecule has 0 aromatic heterocycles. The van der Waals surface area contributed by atoms with E-state index in [0.717, 1.165) is 13.1 Å². The Morgan fingerprint density at radius 1 is 1.37 bits per heavy atom. The number of piperidine rings is 1. The molecule has 2 aliphatic heterocycles. The maximum atomic E-state index is 11.8. The van der Waals surface area contributed by atoms with Gasteiger partial charge in [-0.2, -0.15) is 0 Å². The molecule has 1 N–H and O–H groups in total. The van der Waals surface area contributed by atoms with Crippen molar-refractivity contribution in [2.45, 2.75) is 25.4 Å². The summed E-state index contributed by atoms with van der Waals surface area (Å²) in [5, 5.41) is 2.89. The average Bonchev–Trinajstić information content (AvgIpc) is 2.41. The third-order valence-corrected chi connectivity index (χ3v) is 3.69. The van der Waals surface area contributed by atoms with Gasteiger partial charge in [-0.15, -0.1) is 0 Å². The molecule has 0 radical (unpaired) electrons. The Kier molecular flexibility index (Phi) is 5.15. The first-order chi connectivity index (χ1) is 9.15. The highest BCUT2D eigenvalue weighted by Gasteiger charge is 2.24. The monoisotopic (exact) mass is 269 g/mol. The van der Waals surface area contributed by atoms with Crippen LogP contribution in [0.15, 0.2) is 0 Å². The number of likely N-dealkylation sites (N-methyl/N-ethyl adjacent to an activating group) is 1. The van der Waals surface area contributed by atoms with Crippen LogP contribution in [-0.2, 0) is 14.3 Å². The molecule has 1 unspecified atom stereocenters. The maximum Gasteiger partial charge on any atom is 0.248 e. The predicted octanol–water partition coefficient (Wildman–Crippen LogP) is -0.554. The quantitative estimate of drug-likeness (QED) is 0.743. The first-order valence-electron chi connectivity index (χ1n) is 7.00. The highest BCUT2D eigenvalue weighted by atomic mass is 16.5. The summed E-state index contributed by atoms with van der Waals surface area (Å²) in [7, 11) is 1.76. The summed E-state index contributed by atoms with van der Waals surface area (Å²) < 4.78 is 5.38. The number of carbonyl (C=O) groups is 2. The minimum atomic E-state index is -0.0898. The topological polar surface area (TPSA) is 61.9 Å². The number of hydrogen-bond donors (Lipinski definition) is 1. The van der Waals surface area contributed by atoms with Gasteiger partial charge in [-0.25, -0.2) is 0 Å². The summed E-state index contributed by atoms with van der Waals surface area (Å²) >= 11 is 0. The molecule has 6 heteroatoms. The van der Waals surface area contributed by atoms with Gasteiger partial charge in [0, 0.05) is 20.1 Å². The highest BCUT2D eigenvalue weighted by molar-refractivity contribution is 5.78. The number of nitrogens with zero attached hydrogens (tertiary/aromatic N) is 2. The zero-order valence-electron chi connectivity index (χ0n) is 11.6. The standard InChI is InChI=1S/C13H23N3O3/c1-15-8-11(19-10-13(15)18)7-14-12(17)9-16-5-3-2-4-6-16/h11H,2-10H2,1H3,(H,14,17). The number of ether oxygens (including phenoxy) is 1. The van der Waals surface area contributed by atoms with Crippen LogP contribution >= 0.6 is 0 Å². The van der Waals surface area contributed by atoms with Crippen LogP contribution in [0.4, 0.5) is 0 Å². The fraction of sp³-hybridized carbons (Fsp3) is 0.846. The summed E-state index contributed by atoms with van der Waals surface area (Å²) in [5.41, 5.74) is 0. The van der Waals surface area contributed by atoms with E-state index in [-0.39, 0.29) is 24.5 Å². The first-order valence-corrected chi connectivity index (χ1v) is 7.00. The van der Waals surface area contributed by atoms with Gasteiger partial charge in [0.15, 0.2) is 0 Å². The highest BCUT2D eigenvalue weighted by Crippen LogP contribution is 2.07. The lowest BCUT2D eigenvalue weighted by Gasteiger charge is -2.30. The number of morpholine rings is 1. The third kappa shape index (κ3) is 4.47. The van der Waals surface area contributed by atoms with E-state index in [1.807, 2.05) is 0 Å². The second-order valence-corrected chi connectivity index (χ2v) is 5.35. The molecule has 0 aliphatic carbocycles. The molecular formula is C13H23N3O3. The number of rotatable bonds is 4. The van der Waals surface area contributed by atoms with Gasteiger partial charge in [0.05, 0.1) is 12.6 Å². The van der Waals surface area contributed by atoms with Crippen molar-refractivity contribution < 1.29 is 14.3 Å². The lowest BCUT2D eigenvalue weighted by Crippen LogP contribution is -2.50. The van der Waals surface area contributed by atoms with Crippen LogP contribution in [0.3, 0.4) is 0 Å². The molecule has 2 amide bonds. The fourth-order valence-corrected chi connectivity index (χ4v) is 2.49. The Labute approximate surface area is 114 Å². The molecule has 2 heterocycles. The van der Waals surface area contributed by atoms with E-state index in [1.165, 1.54) is 19.3 Å².